The summed E-state index contributed by atoms with van der Waals surface area (Å²) in [5.74, 6) is -1.50. The van der Waals surface area contributed by atoms with Crippen molar-refractivity contribution in [1.82, 2.24) is 20.4 Å². The number of ether oxygens (including phenoxy) is 1. The van der Waals surface area contributed by atoms with Crippen LogP contribution in [0.4, 0.5) is 4.79 Å². The molecule has 0 saturated carbocycles. The highest BCUT2D eigenvalue weighted by Crippen LogP contribution is 2.15. The molecule has 0 aliphatic carbocycles. The number of nitrogens with one attached hydrogen (secondary N) is 2. The van der Waals surface area contributed by atoms with Crippen molar-refractivity contribution in [1.29, 1.82) is 0 Å². The summed E-state index contributed by atoms with van der Waals surface area (Å²) < 4.78 is 6.46. The number of imide groups is 1. The lowest BCUT2D eigenvalue weighted by Gasteiger charge is -2.21. The predicted octanol–water partition coefficient (Wildman–Crippen LogP) is 2.22. The Morgan fingerprint density at radius 1 is 1.10 bits per heavy atom. The minimum absolute atomic E-state index is 0.0651. The SMILES string of the molecule is CC(C)Cn1nc(C(=O)OC(C)C(=O)NC(=O)NC(C)(C)C)c2ccccc2c1=O. The minimum atomic E-state index is -1.24. The van der Waals surface area contributed by atoms with E-state index in [9.17, 15) is 19.2 Å². The third-order valence-corrected chi connectivity index (χ3v) is 3.98. The van der Waals surface area contributed by atoms with Crippen LogP contribution >= 0.6 is 0 Å². The van der Waals surface area contributed by atoms with Gasteiger partial charge in [-0.25, -0.2) is 14.3 Å². The van der Waals surface area contributed by atoms with E-state index in [1.54, 1.807) is 45.0 Å². The van der Waals surface area contributed by atoms with Crippen LogP contribution in [0.25, 0.3) is 10.8 Å². The van der Waals surface area contributed by atoms with Crippen molar-refractivity contribution in [2.75, 3.05) is 0 Å². The van der Waals surface area contributed by atoms with Crippen LogP contribution in [0.15, 0.2) is 29.1 Å². The Morgan fingerprint density at radius 2 is 1.70 bits per heavy atom. The van der Waals surface area contributed by atoms with E-state index in [4.69, 9.17) is 4.74 Å². The van der Waals surface area contributed by atoms with E-state index < -0.39 is 29.6 Å². The molecule has 0 spiro atoms. The van der Waals surface area contributed by atoms with Crippen LogP contribution in [0, 0.1) is 5.92 Å². The average molecular weight is 416 g/mol. The molecule has 9 heteroatoms. The molecule has 2 N–H and O–H groups in total. The number of fused-ring (bicyclic) bond motifs is 1. The van der Waals surface area contributed by atoms with Gasteiger partial charge in [0.2, 0.25) is 0 Å². The second-order valence-electron chi connectivity index (χ2n) is 8.52. The average Bonchev–Trinajstić information content (AvgIpc) is 2.61. The standard InChI is InChI=1S/C21H28N4O5/c1-12(2)11-25-18(27)15-10-8-7-9-14(15)16(24-25)19(28)30-13(3)17(26)22-20(29)23-21(4,5)6/h7-10,12-13H,11H2,1-6H3,(H2,22,23,26,29). The van der Waals surface area contributed by atoms with Gasteiger partial charge in [0.1, 0.15) is 0 Å². The first-order valence-electron chi connectivity index (χ1n) is 9.73. The lowest BCUT2D eigenvalue weighted by atomic mass is 10.1. The van der Waals surface area contributed by atoms with Gasteiger partial charge >= 0.3 is 12.0 Å². The van der Waals surface area contributed by atoms with Gasteiger partial charge in [-0.1, -0.05) is 32.0 Å². The van der Waals surface area contributed by atoms with Crippen LogP contribution in [0.5, 0.6) is 0 Å². The highest BCUT2D eigenvalue weighted by atomic mass is 16.5. The summed E-state index contributed by atoms with van der Waals surface area (Å²) in [6.45, 7) is 10.8. The predicted molar refractivity (Wildman–Crippen MR) is 112 cm³/mol. The number of hydrogen-bond acceptors (Lipinski definition) is 6. The van der Waals surface area contributed by atoms with E-state index in [0.717, 1.165) is 0 Å². The van der Waals surface area contributed by atoms with Gasteiger partial charge in [-0.05, 0) is 39.7 Å². The Morgan fingerprint density at radius 3 is 2.27 bits per heavy atom. The number of carbonyl (C=O) groups is 3. The van der Waals surface area contributed by atoms with Crippen molar-refractivity contribution in [2.45, 2.75) is 59.7 Å². The van der Waals surface area contributed by atoms with Crippen molar-refractivity contribution >= 4 is 28.7 Å². The number of esters is 1. The Bertz CT molecular complexity index is 1020. The zero-order valence-corrected chi connectivity index (χ0v) is 18.1. The molecule has 0 radical (unpaired) electrons. The molecule has 162 valence electrons. The summed E-state index contributed by atoms with van der Waals surface area (Å²) in [4.78, 5) is 49.5. The van der Waals surface area contributed by atoms with Crippen LogP contribution in [0.1, 0.15) is 52.0 Å². The first-order chi connectivity index (χ1) is 13.9. The van der Waals surface area contributed by atoms with Crippen molar-refractivity contribution < 1.29 is 19.1 Å². The highest BCUT2D eigenvalue weighted by molar-refractivity contribution is 6.03. The van der Waals surface area contributed by atoms with Gasteiger partial charge in [0.05, 0.1) is 5.39 Å². The van der Waals surface area contributed by atoms with Gasteiger partial charge < -0.3 is 10.1 Å². The maximum atomic E-state index is 12.8. The number of nitrogens with zero attached hydrogens (tertiary/aromatic N) is 2. The molecule has 30 heavy (non-hydrogen) atoms. The third-order valence-electron chi connectivity index (χ3n) is 3.98. The monoisotopic (exact) mass is 416 g/mol. The van der Waals surface area contributed by atoms with Crippen molar-refractivity contribution in [2.24, 2.45) is 5.92 Å². The van der Waals surface area contributed by atoms with Crippen LogP contribution in [0.2, 0.25) is 0 Å². The van der Waals surface area contributed by atoms with Crippen LogP contribution < -0.4 is 16.2 Å². The van der Waals surface area contributed by atoms with Gasteiger partial charge in [-0.15, -0.1) is 0 Å². The third kappa shape index (κ3) is 5.88. The maximum absolute atomic E-state index is 12.8. The number of urea groups is 1. The fraction of sp³-hybridized carbons (Fsp3) is 0.476. The first kappa shape index (κ1) is 23.1. The molecule has 2 rings (SSSR count). The molecular formula is C21H28N4O5. The highest BCUT2D eigenvalue weighted by Gasteiger charge is 2.25. The van der Waals surface area contributed by atoms with E-state index >= 15 is 0 Å². The van der Waals surface area contributed by atoms with Crippen molar-refractivity contribution in [3.05, 3.63) is 40.3 Å². The molecule has 3 amide bonds. The fourth-order valence-electron chi connectivity index (χ4n) is 2.71. The van der Waals surface area contributed by atoms with E-state index in [1.807, 2.05) is 13.8 Å². The fourth-order valence-corrected chi connectivity index (χ4v) is 2.71. The molecule has 0 fully saturated rings. The van der Waals surface area contributed by atoms with E-state index in [0.29, 0.717) is 17.3 Å². The molecule has 1 aromatic heterocycles. The number of aromatic nitrogens is 2. The zero-order chi connectivity index (χ0) is 22.6. The first-order valence-corrected chi connectivity index (χ1v) is 9.73. The molecule has 1 heterocycles. The molecule has 1 aromatic carbocycles. The smallest absolute Gasteiger partial charge is 0.360 e. The quantitative estimate of drug-likeness (QED) is 0.722. The molecule has 1 unspecified atom stereocenters. The Hall–Kier alpha value is -3.23. The van der Waals surface area contributed by atoms with Gasteiger partial charge in [-0.3, -0.25) is 14.9 Å². The lowest BCUT2D eigenvalue weighted by molar-refractivity contribution is -0.127. The number of rotatable bonds is 5. The molecule has 0 saturated heterocycles. The summed E-state index contributed by atoms with van der Waals surface area (Å²) >= 11 is 0. The number of benzene rings is 1. The summed E-state index contributed by atoms with van der Waals surface area (Å²) in [5.41, 5.74) is -0.901. The zero-order valence-electron chi connectivity index (χ0n) is 18.1. The number of carbonyl (C=O) groups excluding carboxylic acids is 3. The Labute approximate surface area is 174 Å². The summed E-state index contributed by atoms with van der Waals surface area (Å²) in [6, 6.07) is 5.90. The summed E-state index contributed by atoms with van der Waals surface area (Å²) in [5, 5.41) is 9.57. The second-order valence-corrected chi connectivity index (χ2v) is 8.52. The van der Waals surface area contributed by atoms with E-state index in [1.165, 1.54) is 11.6 Å². The molecular weight excluding hydrogens is 388 g/mol. The van der Waals surface area contributed by atoms with Crippen molar-refractivity contribution in [3.63, 3.8) is 0 Å². The van der Waals surface area contributed by atoms with Gasteiger partial charge in [0, 0.05) is 17.5 Å². The van der Waals surface area contributed by atoms with E-state index in [-0.39, 0.29) is 17.2 Å². The molecule has 2 aromatic rings. The van der Waals surface area contributed by atoms with Gasteiger partial charge in [0.25, 0.3) is 11.5 Å². The van der Waals surface area contributed by atoms with Crippen LogP contribution in [-0.4, -0.2) is 39.3 Å². The molecule has 0 bridgehead atoms. The molecule has 1 atom stereocenters. The summed E-state index contributed by atoms with van der Waals surface area (Å²) in [7, 11) is 0. The second kappa shape index (κ2) is 9.06. The number of hydrogen-bond donors (Lipinski definition) is 2. The Balaban J connectivity index is 2.26. The normalized spacial score (nSPS) is 12.5. The maximum Gasteiger partial charge on any atom is 0.360 e. The van der Waals surface area contributed by atoms with E-state index in [2.05, 4.69) is 15.7 Å². The van der Waals surface area contributed by atoms with Crippen LogP contribution in [-0.2, 0) is 16.1 Å². The number of amides is 3. The Kier molecular flexibility index (Phi) is 6.96. The van der Waals surface area contributed by atoms with Gasteiger partial charge in [0.15, 0.2) is 11.8 Å². The molecule has 0 aliphatic heterocycles. The molecule has 9 nitrogen and oxygen atoms in total. The van der Waals surface area contributed by atoms with Gasteiger partial charge in [-0.2, -0.15) is 5.10 Å². The van der Waals surface area contributed by atoms with Crippen molar-refractivity contribution in [3.8, 4) is 0 Å². The minimum Gasteiger partial charge on any atom is -0.448 e. The topological polar surface area (TPSA) is 119 Å². The lowest BCUT2D eigenvalue weighted by Crippen LogP contribution is -2.50. The largest absolute Gasteiger partial charge is 0.448 e. The molecule has 0 aliphatic rings. The summed E-state index contributed by atoms with van der Waals surface area (Å²) in [6.07, 6.45) is -1.24. The van der Waals surface area contributed by atoms with Crippen LogP contribution in [0.3, 0.4) is 0 Å².